The third-order valence-electron chi connectivity index (χ3n) is 5.45. The Balaban J connectivity index is 1.87. The van der Waals surface area contributed by atoms with Crippen molar-refractivity contribution in [2.75, 3.05) is 24.4 Å². The van der Waals surface area contributed by atoms with Gasteiger partial charge in [0.25, 0.3) is 10.0 Å². The van der Waals surface area contributed by atoms with Crippen LogP contribution in [-0.2, 0) is 10.0 Å². The molecular formula is C20H24N2O2S. The number of hydrogen-bond acceptors (Lipinski definition) is 3. The van der Waals surface area contributed by atoms with Crippen LogP contribution in [0.5, 0.6) is 0 Å². The Morgan fingerprint density at radius 1 is 1.04 bits per heavy atom. The van der Waals surface area contributed by atoms with Crippen LogP contribution in [0.1, 0.15) is 29.0 Å². The van der Waals surface area contributed by atoms with E-state index in [9.17, 15) is 8.42 Å². The van der Waals surface area contributed by atoms with Crippen molar-refractivity contribution >= 4 is 15.7 Å². The van der Waals surface area contributed by atoms with Gasteiger partial charge in [-0.2, -0.15) is 0 Å². The van der Waals surface area contributed by atoms with Crippen molar-refractivity contribution in [1.29, 1.82) is 0 Å². The summed E-state index contributed by atoms with van der Waals surface area (Å²) in [4.78, 5) is 2.69. The molecule has 0 radical (unpaired) electrons. The highest BCUT2D eigenvalue weighted by Gasteiger charge is 2.46. The summed E-state index contributed by atoms with van der Waals surface area (Å²) in [5.41, 5.74) is 4.18. The van der Waals surface area contributed by atoms with E-state index in [0.29, 0.717) is 4.90 Å². The van der Waals surface area contributed by atoms with Crippen molar-refractivity contribution in [3.8, 4) is 0 Å². The van der Waals surface area contributed by atoms with E-state index in [1.54, 1.807) is 16.4 Å². The third kappa shape index (κ3) is 2.66. The van der Waals surface area contributed by atoms with E-state index in [-0.39, 0.29) is 12.0 Å². The molecule has 2 aliphatic rings. The summed E-state index contributed by atoms with van der Waals surface area (Å²) in [6.45, 7) is 5.83. The molecule has 1 saturated heterocycles. The Labute approximate surface area is 150 Å². The lowest BCUT2D eigenvalue weighted by molar-refractivity contribution is 0.237. The fourth-order valence-electron chi connectivity index (χ4n) is 4.24. The molecule has 4 rings (SSSR count). The molecule has 0 N–H and O–H groups in total. The predicted molar refractivity (Wildman–Crippen MR) is 101 cm³/mol. The fourth-order valence-corrected chi connectivity index (χ4v) is 6.08. The maximum absolute atomic E-state index is 13.5. The third-order valence-corrected chi connectivity index (χ3v) is 7.28. The second kappa shape index (κ2) is 5.85. The smallest absolute Gasteiger partial charge is 0.264 e. The van der Waals surface area contributed by atoms with E-state index in [0.717, 1.165) is 30.8 Å². The monoisotopic (exact) mass is 356 g/mol. The van der Waals surface area contributed by atoms with Crippen molar-refractivity contribution in [1.82, 2.24) is 4.90 Å². The first kappa shape index (κ1) is 16.6. The summed E-state index contributed by atoms with van der Waals surface area (Å²) < 4.78 is 28.7. The van der Waals surface area contributed by atoms with Gasteiger partial charge in [0.05, 0.1) is 16.6 Å². The average molecular weight is 356 g/mol. The van der Waals surface area contributed by atoms with E-state index in [1.165, 1.54) is 11.1 Å². The van der Waals surface area contributed by atoms with Crippen molar-refractivity contribution in [2.45, 2.75) is 37.1 Å². The lowest BCUT2D eigenvalue weighted by atomic mass is 9.89. The van der Waals surface area contributed by atoms with E-state index < -0.39 is 10.0 Å². The molecule has 2 aromatic carbocycles. The van der Waals surface area contributed by atoms with E-state index in [4.69, 9.17) is 0 Å². The van der Waals surface area contributed by atoms with Crippen molar-refractivity contribution in [2.24, 2.45) is 0 Å². The van der Waals surface area contributed by atoms with Gasteiger partial charge in [-0.05, 0) is 63.2 Å². The molecule has 2 atom stereocenters. The molecule has 5 heteroatoms. The van der Waals surface area contributed by atoms with Gasteiger partial charge < -0.3 is 4.90 Å². The zero-order valence-corrected chi connectivity index (χ0v) is 15.8. The maximum atomic E-state index is 13.5. The number of hydrogen-bond donors (Lipinski definition) is 0. The van der Waals surface area contributed by atoms with E-state index in [2.05, 4.69) is 24.9 Å². The normalized spacial score (nSPS) is 23.4. The second-order valence-electron chi connectivity index (χ2n) is 7.40. The van der Waals surface area contributed by atoms with E-state index >= 15 is 0 Å². The molecule has 25 heavy (non-hydrogen) atoms. The maximum Gasteiger partial charge on any atom is 0.264 e. The second-order valence-corrected chi connectivity index (χ2v) is 9.22. The highest BCUT2D eigenvalue weighted by molar-refractivity contribution is 7.92. The van der Waals surface area contributed by atoms with Crippen molar-refractivity contribution < 1.29 is 8.42 Å². The first-order chi connectivity index (χ1) is 11.9. The van der Waals surface area contributed by atoms with Gasteiger partial charge in [0.2, 0.25) is 0 Å². The quantitative estimate of drug-likeness (QED) is 0.829. The summed E-state index contributed by atoms with van der Waals surface area (Å²) in [7, 11) is -1.45. The van der Waals surface area contributed by atoms with Crippen LogP contribution in [-0.4, -0.2) is 39.5 Å². The number of likely N-dealkylation sites (N-methyl/N-ethyl adjacent to an activating group) is 1. The number of rotatable bonds is 2. The highest BCUT2D eigenvalue weighted by atomic mass is 32.2. The first-order valence-electron chi connectivity index (χ1n) is 8.78. The number of nitrogens with zero attached hydrogens (tertiary/aromatic N) is 2. The van der Waals surface area contributed by atoms with Crippen LogP contribution in [0.2, 0.25) is 0 Å². The van der Waals surface area contributed by atoms with Crippen LogP contribution in [0.3, 0.4) is 0 Å². The summed E-state index contributed by atoms with van der Waals surface area (Å²) >= 11 is 0. The Hall–Kier alpha value is -1.85. The van der Waals surface area contributed by atoms with Gasteiger partial charge in [0.1, 0.15) is 0 Å². The highest BCUT2D eigenvalue weighted by Crippen LogP contribution is 2.47. The molecule has 132 valence electrons. The molecule has 0 unspecified atom stereocenters. The minimum atomic E-state index is -3.56. The van der Waals surface area contributed by atoms with Gasteiger partial charge in [-0.15, -0.1) is 0 Å². The number of sulfonamides is 1. The van der Waals surface area contributed by atoms with Crippen LogP contribution >= 0.6 is 0 Å². The molecule has 2 heterocycles. The topological polar surface area (TPSA) is 40.6 Å². The Kier molecular flexibility index (Phi) is 3.89. The van der Waals surface area contributed by atoms with Gasteiger partial charge in [-0.3, -0.25) is 4.31 Å². The fraction of sp³-hybridized carbons (Fsp3) is 0.400. The summed E-state index contributed by atoms with van der Waals surface area (Å²) in [5.74, 6) is 0.244. The van der Waals surface area contributed by atoms with Gasteiger partial charge in [-0.1, -0.05) is 29.8 Å². The molecule has 4 nitrogen and oxygen atoms in total. The largest absolute Gasteiger partial charge is 0.306 e. The van der Waals surface area contributed by atoms with Gasteiger partial charge >= 0.3 is 0 Å². The molecule has 0 aliphatic carbocycles. The standard InChI is InChI=1S/C20H24N2O2S/c1-14-5-4-6-16(11-14)25(23,24)22-19-8-7-15(2)12-17(19)18-13-21(3)10-9-20(18)22/h4-8,11-12,18,20H,9-10,13H2,1-3H3/t18-,20+/m0/s1. The van der Waals surface area contributed by atoms with Crippen LogP contribution < -0.4 is 4.31 Å². The van der Waals surface area contributed by atoms with Gasteiger partial charge in [0, 0.05) is 12.5 Å². The van der Waals surface area contributed by atoms with Crippen LogP contribution in [0.15, 0.2) is 47.4 Å². The van der Waals surface area contributed by atoms with Crippen LogP contribution in [0.4, 0.5) is 5.69 Å². The summed E-state index contributed by atoms with van der Waals surface area (Å²) in [5, 5.41) is 0. The lowest BCUT2D eigenvalue weighted by Crippen LogP contribution is -2.47. The molecule has 0 spiro atoms. The Morgan fingerprint density at radius 3 is 2.56 bits per heavy atom. The molecule has 2 aliphatic heterocycles. The number of aryl methyl sites for hydroxylation is 2. The minimum absolute atomic E-state index is 0.0125. The van der Waals surface area contributed by atoms with Crippen molar-refractivity contribution in [3.05, 3.63) is 59.2 Å². The molecule has 1 fully saturated rings. The molecule has 0 bridgehead atoms. The minimum Gasteiger partial charge on any atom is -0.306 e. The molecular weight excluding hydrogens is 332 g/mol. The van der Waals surface area contributed by atoms with Crippen LogP contribution in [0.25, 0.3) is 0 Å². The Bertz CT molecular complexity index is 923. The SMILES string of the molecule is Cc1cccc(S(=O)(=O)N2c3ccc(C)cc3[C@@H]3CN(C)CC[C@H]32)c1. The number of piperidine rings is 1. The Morgan fingerprint density at radius 2 is 1.80 bits per heavy atom. The number of anilines is 1. The molecule has 0 amide bonds. The zero-order chi connectivity index (χ0) is 17.8. The summed E-state index contributed by atoms with van der Waals surface area (Å²) in [6, 6.07) is 13.4. The average Bonchev–Trinajstić information content (AvgIpc) is 2.88. The lowest BCUT2D eigenvalue weighted by Gasteiger charge is -2.36. The number of benzene rings is 2. The molecule has 2 aromatic rings. The van der Waals surface area contributed by atoms with E-state index in [1.807, 2.05) is 31.2 Å². The number of fused-ring (bicyclic) bond motifs is 3. The predicted octanol–water partition coefficient (Wildman–Crippen LogP) is 3.30. The molecule has 0 saturated carbocycles. The molecule has 0 aromatic heterocycles. The van der Waals surface area contributed by atoms with Gasteiger partial charge in [-0.25, -0.2) is 8.42 Å². The zero-order valence-electron chi connectivity index (χ0n) is 14.9. The number of likely N-dealkylation sites (tertiary alicyclic amines) is 1. The van der Waals surface area contributed by atoms with Crippen molar-refractivity contribution in [3.63, 3.8) is 0 Å². The van der Waals surface area contributed by atoms with Crippen LogP contribution in [0, 0.1) is 13.8 Å². The van der Waals surface area contributed by atoms with Gasteiger partial charge in [0.15, 0.2) is 0 Å². The summed E-state index contributed by atoms with van der Waals surface area (Å²) in [6.07, 6.45) is 0.861. The first-order valence-corrected chi connectivity index (χ1v) is 10.2.